The first kappa shape index (κ1) is 19.3. The second kappa shape index (κ2) is 7.75. The summed E-state index contributed by atoms with van der Waals surface area (Å²) in [7, 11) is 1.75. The van der Waals surface area contributed by atoms with E-state index in [1.165, 1.54) is 6.20 Å². The number of carbonyl (C=O) groups is 1. The van der Waals surface area contributed by atoms with E-state index >= 15 is 0 Å². The van der Waals surface area contributed by atoms with Gasteiger partial charge >= 0.3 is 0 Å². The highest BCUT2D eigenvalue weighted by molar-refractivity contribution is 6.33. The second-order valence-corrected chi connectivity index (χ2v) is 7.44. The van der Waals surface area contributed by atoms with Crippen molar-refractivity contribution in [3.8, 4) is 0 Å². The largest absolute Gasteiger partial charge is 0.385 e. The van der Waals surface area contributed by atoms with Crippen LogP contribution in [-0.4, -0.2) is 40.0 Å². The van der Waals surface area contributed by atoms with Gasteiger partial charge in [0.05, 0.1) is 16.2 Å². The smallest absolute Gasteiger partial charge is 0.272 e. The van der Waals surface area contributed by atoms with Crippen LogP contribution in [0.1, 0.15) is 23.8 Å². The molecule has 0 radical (unpaired) electrons. The number of aryl methyl sites for hydroxylation is 1. The Morgan fingerprint density at radius 1 is 1.21 bits per heavy atom. The highest BCUT2D eigenvalue weighted by Gasteiger charge is 2.23. The molecule has 2 N–H and O–H groups in total. The molecule has 3 heterocycles. The first-order valence-corrected chi connectivity index (χ1v) is 9.95. The van der Waals surface area contributed by atoms with Gasteiger partial charge in [-0.2, -0.15) is 0 Å². The first-order chi connectivity index (χ1) is 14.0. The number of anilines is 3. The zero-order valence-corrected chi connectivity index (χ0v) is 17.1. The Balaban J connectivity index is 1.70. The lowest BCUT2D eigenvalue weighted by Gasteiger charge is -2.30. The number of carbonyl (C=O) groups excluding carboxylic acids is 1. The van der Waals surface area contributed by atoms with Gasteiger partial charge in [0.15, 0.2) is 0 Å². The molecule has 1 aromatic carbocycles. The number of likely N-dealkylation sites (tertiary alicyclic amines) is 1. The van der Waals surface area contributed by atoms with Gasteiger partial charge in [0, 0.05) is 55.7 Å². The Bertz CT molecular complexity index is 1150. The number of hydrogen-bond acceptors (Lipinski definition) is 5. The average molecular weight is 412 g/mol. The summed E-state index contributed by atoms with van der Waals surface area (Å²) in [5.74, 6) is -0.0843. The van der Waals surface area contributed by atoms with E-state index in [1.807, 2.05) is 25.1 Å². The molecule has 0 bridgehead atoms. The highest BCUT2D eigenvalue weighted by atomic mass is 35.5. The summed E-state index contributed by atoms with van der Waals surface area (Å²) in [5.41, 5.74) is 3.32. The van der Waals surface area contributed by atoms with E-state index < -0.39 is 0 Å². The molecule has 1 amide bonds. The van der Waals surface area contributed by atoms with E-state index in [-0.39, 0.29) is 11.5 Å². The van der Waals surface area contributed by atoms with Crippen LogP contribution >= 0.6 is 11.6 Å². The molecular weight excluding hydrogens is 390 g/mol. The third kappa shape index (κ3) is 3.65. The minimum absolute atomic E-state index is 0.0690. The summed E-state index contributed by atoms with van der Waals surface area (Å²) in [6.45, 7) is 4.22. The molecule has 4 rings (SSSR count). The molecule has 1 fully saturated rings. The quantitative estimate of drug-likeness (QED) is 0.670. The molecule has 1 aliphatic heterocycles. The van der Waals surface area contributed by atoms with Crippen LogP contribution in [0.2, 0.25) is 5.02 Å². The van der Waals surface area contributed by atoms with Crippen molar-refractivity contribution in [2.75, 3.05) is 30.3 Å². The summed E-state index contributed by atoms with van der Waals surface area (Å²) in [4.78, 5) is 30.6. The minimum atomic E-state index is -0.0843. The van der Waals surface area contributed by atoms with Gasteiger partial charge in [-0.3, -0.25) is 9.59 Å². The van der Waals surface area contributed by atoms with E-state index in [4.69, 9.17) is 11.6 Å². The van der Waals surface area contributed by atoms with Gasteiger partial charge in [0.1, 0.15) is 5.69 Å². The molecule has 29 heavy (non-hydrogen) atoms. The van der Waals surface area contributed by atoms with Gasteiger partial charge in [0.25, 0.3) is 11.5 Å². The zero-order chi connectivity index (χ0) is 20.5. The number of fused-ring (bicyclic) bond motifs is 1. The maximum absolute atomic E-state index is 12.5. The number of rotatable bonds is 5. The Labute approximate surface area is 173 Å². The van der Waals surface area contributed by atoms with Crippen molar-refractivity contribution >= 4 is 45.5 Å². The number of hydrogen-bond donors (Lipinski definition) is 2. The molecule has 0 aliphatic carbocycles. The number of aromatic nitrogens is 2. The van der Waals surface area contributed by atoms with Crippen LogP contribution in [0.3, 0.4) is 0 Å². The van der Waals surface area contributed by atoms with Crippen molar-refractivity contribution in [2.45, 2.75) is 13.3 Å². The normalized spacial score (nSPS) is 13.3. The van der Waals surface area contributed by atoms with Gasteiger partial charge in [-0.25, -0.2) is 4.98 Å². The van der Waals surface area contributed by atoms with Gasteiger partial charge in [-0.15, -0.1) is 0 Å². The Morgan fingerprint density at radius 2 is 2.00 bits per heavy atom. The molecular formula is C21H22ClN5O2. The fourth-order valence-electron chi connectivity index (χ4n) is 3.36. The van der Waals surface area contributed by atoms with Crippen molar-refractivity contribution in [2.24, 2.45) is 7.05 Å². The summed E-state index contributed by atoms with van der Waals surface area (Å²) < 4.78 is 1.61. The van der Waals surface area contributed by atoms with Gasteiger partial charge in [-0.1, -0.05) is 11.6 Å². The van der Waals surface area contributed by atoms with Gasteiger partial charge in [0.2, 0.25) is 0 Å². The predicted octanol–water partition coefficient (Wildman–Crippen LogP) is 3.61. The van der Waals surface area contributed by atoms with E-state index in [2.05, 4.69) is 15.6 Å². The van der Waals surface area contributed by atoms with Crippen molar-refractivity contribution in [3.63, 3.8) is 0 Å². The van der Waals surface area contributed by atoms with E-state index in [0.717, 1.165) is 41.8 Å². The Kier molecular flexibility index (Phi) is 5.15. The van der Waals surface area contributed by atoms with Crippen molar-refractivity contribution in [3.05, 3.63) is 57.6 Å². The fourth-order valence-corrected chi connectivity index (χ4v) is 3.51. The monoisotopic (exact) mass is 411 g/mol. The third-order valence-corrected chi connectivity index (χ3v) is 5.41. The SMILES string of the molecule is CCNc1cc(=O)n(C)c2ccc(Nc3cc(C(=O)N4CCC4)ncc3Cl)cc12. The molecule has 0 unspecified atom stereocenters. The van der Waals surface area contributed by atoms with Crippen LogP contribution in [0.5, 0.6) is 0 Å². The first-order valence-electron chi connectivity index (χ1n) is 9.57. The van der Waals surface area contributed by atoms with E-state index in [1.54, 1.807) is 28.6 Å². The minimum Gasteiger partial charge on any atom is -0.385 e. The van der Waals surface area contributed by atoms with Crippen LogP contribution in [0, 0.1) is 0 Å². The number of halogens is 1. The third-order valence-electron chi connectivity index (χ3n) is 5.11. The van der Waals surface area contributed by atoms with E-state index in [9.17, 15) is 9.59 Å². The lowest BCUT2D eigenvalue weighted by atomic mass is 10.1. The lowest BCUT2D eigenvalue weighted by molar-refractivity contribution is 0.0646. The molecule has 7 nitrogen and oxygen atoms in total. The molecule has 0 saturated carbocycles. The number of pyridine rings is 2. The van der Waals surface area contributed by atoms with Crippen molar-refractivity contribution in [1.29, 1.82) is 0 Å². The predicted molar refractivity (Wildman–Crippen MR) is 116 cm³/mol. The number of benzene rings is 1. The molecule has 150 valence electrons. The average Bonchev–Trinajstić information content (AvgIpc) is 2.66. The van der Waals surface area contributed by atoms with E-state index in [0.29, 0.717) is 22.9 Å². The van der Waals surface area contributed by atoms with Crippen molar-refractivity contribution < 1.29 is 4.79 Å². The number of nitrogens with zero attached hydrogens (tertiary/aromatic N) is 3. The topological polar surface area (TPSA) is 79.3 Å². The Morgan fingerprint density at radius 3 is 2.69 bits per heavy atom. The van der Waals surface area contributed by atoms with Crippen LogP contribution in [-0.2, 0) is 7.05 Å². The standard InChI is InChI=1S/C21H22ClN5O2/c1-3-23-16-11-20(28)26(2)19-6-5-13(9-14(16)19)25-17-10-18(24-12-15(17)22)21(29)27-7-4-8-27/h5-6,9-12,23H,3-4,7-8H2,1-2H3,(H,24,25). The van der Waals surface area contributed by atoms with Crippen LogP contribution in [0.15, 0.2) is 41.3 Å². The zero-order valence-electron chi connectivity index (χ0n) is 16.3. The number of nitrogens with one attached hydrogen (secondary N) is 2. The molecule has 1 aliphatic rings. The summed E-state index contributed by atoms with van der Waals surface area (Å²) in [6.07, 6.45) is 2.52. The maximum Gasteiger partial charge on any atom is 0.272 e. The molecule has 0 spiro atoms. The lowest BCUT2D eigenvalue weighted by Crippen LogP contribution is -2.42. The maximum atomic E-state index is 12.5. The molecule has 8 heteroatoms. The van der Waals surface area contributed by atoms with Gasteiger partial charge < -0.3 is 20.1 Å². The van der Waals surface area contributed by atoms with Crippen LogP contribution in [0.25, 0.3) is 10.9 Å². The number of amides is 1. The summed E-state index contributed by atoms with van der Waals surface area (Å²) in [5, 5.41) is 7.87. The van der Waals surface area contributed by atoms with Crippen LogP contribution in [0.4, 0.5) is 17.1 Å². The molecule has 1 saturated heterocycles. The summed E-state index contributed by atoms with van der Waals surface area (Å²) >= 11 is 6.32. The van der Waals surface area contributed by atoms with Crippen molar-refractivity contribution in [1.82, 2.24) is 14.5 Å². The molecule has 2 aromatic heterocycles. The van der Waals surface area contributed by atoms with Crippen LogP contribution < -0.4 is 16.2 Å². The Hall–Kier alpha value is -3.06. The molecule has 3 aromatic rings. The highest BCUT2D eigenvalue weighted by Crippen LogP contribution is 2.30. The van der Waals surface area contributed by atoms with Gasteiger partial charge in [-0.05, 0) is 37.6 Å². The summed E-state index contributed by atoms with van der Waals surface area (Å²) in [6, 6.07) is 9.00. The fraction of sp³-hybridized carbons (Fsp3) is 0.286. The second-order valence-electron chi connectivity index (χ2n) is 7.04. The molecule has 0 atom stereocenters.